The summed E-state index contributed by atoms with van der Waals surface area (Å²) in [6.45, 7) is 2.53. The van der Waals surface area contributed by atoms with E-state index in [0.717, 1.165) is 13.0 Å². The largest absolute Gasteiger partial charge is 0.381 e. The van der Waals surface area contributed by atoms with Crippen molar-refractivity contribution in [3.63, 3.8) is 0 Å². The summed E-state index contributed by atoms with van der Waals surface area (Å²) < 4.78 is 34.3. The quantitative estimate of drug-likeness (QED) is 0.701. The third-order valence-electron chi connectivity index (χ3n) is 4.17. The lowest BCUT2D eigenvalue weighted by atomic mass is 10.1. The van der Waals surface area contributed by atoms with Gasteiger partial charge in [-0.3, -0.25) is 9.48 Å². The fraction of sp³-hybridized carbons (Fsp3) is 0.412. The zero-order valence-corrected chi connectivity index (χ0v) is 15.1. The van der Waals surface area contributed by atoms with Crippen LogP contribution in [0.4, 0.5) is 0 Å². The molecule has 2 N–H and O–H groups in total. The van der Waals surface area contributed by atoms with Gasteiger partial charge in [0.1, 0.15) is 0 Å². The van der Waals surface area contributed by atoms with Crippen LogP contribution in [0, 0.1) is 5.92 Å². The average Bonchev–Trinajstić information content (AvgIpc) is 3.33. The summed E-state index contributed by atoms with van der Waals surface area (Å²) in [5.74, 6) is 0.0281. The zero-order chi connectivity index (χ0) is 18.4. The van der Waals surface area contributed by atoms with Gasteiger partial charge in [-0.15, -0.1) is 0 Å². The molecule has 0 radical (unpaired) electrons. The van der Waals surface area contributed by atoms with Crippen LogP contribution in [0.25, 0.3) is 0 Å². The van der Waals surface area contributed by atoms with Crippen molar-refractivity contribution in [3.8, 4) is 0 Å². The number of hydrogen-bond acceptors (Lipinski definition) is 5. The van der Waals surface area contributed by atoms with Gasteiger partial charge in [-0.05, 0) is 30.7 Å². The molecule has 1 aromatic carbocycles. The summed E-state index contributed by atoms with van der Waals surface area (Å²) in [5, 5.41) is 6.85. The minimum Gasteiger partial charge on any atom is -0.381 e. The highest BCUT2D eigenvalue weighted by molar-refractivity contribution is 7.89. The van der Waals surface area contributed by atoms with Gasteiger partial charge in [0, 0.05) is 43.6 Å². The summed E-state index contributed by atoms with van der Waals surface area (Å²) in [6.07, 6.45) is 4.32. The van der Waals surface area contributed by atoms with Crippen LogP contribution in [0.3, 0.4) is 0 Å². The van der Waals surface area contributed by atoms with Crippen molar-refractivity contribution >= 4 is 15.9 Å². The van der Waals surface area contributed by atoms with E-state index in [9.17, 15) is 13.2 Å². The van der Waals surface area contributed by atoms with Gasteiger partial charge >= 0.3 is 0 Å². The van der Waals surface area contributed by atoms with Crippen molar-refractivity contribution in [1.82, 2.24) is 19.8 Å². The normalized spacial score (nSPS) is 17.3. The Kier molecular flexibility index (Phi) is 6.02. The molecule has 1 atom stereocenters. The zero-order valence-electron chi connectivity index (χ0n) is 14.3. The summed E-state index contributed by atoms with van der Waals surface area (Å²) in [7, 11) is -3.69. The van der Waals surface area contributed by atoms with E-state index in [1.165, 1.54) is 12.1 Å². The molecule has 1 aliphatic heterocycles. The van der Waals surface area contributed by atoms with Crippen molar-refractivity contribution in [3.05, 3.63) is 48.3 Å². The predicted octanol–water partition coefficient (Wildman–Crippen LogP) is 0.628. The Morgan fingerprint density at radius 1 is 1.35 bits per heavy atom. The number of benzene rings is 1. The standard InChI is InChI=1S/C17H22N4O4S/c22-17(18-12-14-5-10-25-13-14)15-3-1-4-16(11-15)26(23,24)20-7-9-21-8-2-6-19-21/h1-4,6,8,11,14,20H,5,7,9-10,12-13H2,(H,18,22). The first-order valence-electron chi connectivity index (χ1n) is 8.48. The molecular formula is C17H22N4O4S. The van der Waals surface area contributed by atoms with Crippen LogP contribution in [-0.2, 0) is 21.3 Å². The van der Waals surface area contributed by atoms with Gasteiger partial charge in [0.15, 0.2) is 0 Å². The molecule has 26 heavy (non-hydrogen) atoms. The minimum atomic E-state index is -3.69. The number of ether oxygens (including phenoxy) is 1. The maximum Gasteiger partial charge on any atom is 0.251 e. The molecule has 0 saturated carbocycles. The maximum absolute atomic E-state index is 12.4. The average molecular weight is 378 g/mol. The van der Waals surface area contributed by atoms with Crippen molar-refractivity contribution in [2.75, 3.05) is 26.3 Å². The summed E-state index contributed by atoms with van der Waals surface area (Å²) >= 11 is 0. The second-order valence-corrected chi connectivity index (χ2v) is 7.90. The van der Waals surface area contributed by atoms with E-state index in [1.807, 2.05) is 0 Å². The van der Waals surface area contributed by atoms with E-state index >= 15 is 0 Å². The van der Waals surface area contributed by atoms with E-state index in [-0.39, 0.29) is 17.3 Å². The second kappa shape index (κ2) is 8.43. The lowest BCUT2D eigenvalue weighted by molar-refractivity contribution is 0.0945. The van der Waals surface area contributed by atoms with Crippen molar-refractivity contribution in [2.24, 2.45) is 5.92 Å². The van der Waals surface area contributed by atoms with Gasteiger partial charge in [0.25, 0.3) is 5.91 Å². The monoisotopic (exact) mass is 378 g/mol. The van der Waals surface area contributed by atoms with E-state index in [0.29, 0.717) is 31.2 Å². The third-order valence-corrected chi connectivity index (χ3v) is 5.63. The predicted molar refractivity (Wildman–Crippen MR) is 95.1 cm³/mol. The first-order valence-corrected chi connectivity index (χ1v) is 9.96. The number of amides is 1. The van der Waals surface area contributed by atoms with Crippen LogP contribution in [0.1, 0.15) is 16.8 Å². The van der Waals surface area contributed by atoms with E-state index < -0.39 is 10.0 Å². The van der Waals surface area contributed by atoms with E-state index in [2.05, 4.69) is 15.1 Å². The molecule has 1 amide bonds. The van der Waals surface area contributed by atoms with Gasteiger partial charge in [0.2, 0.25) is 10.0 Å². The number of hydrogen-bond donors (Lipinski definition) is 2. The Morgan fingerprint density at radius 2 is 2.23 bits per heavy atom. The molecule has 8 nitrogen and oxygen atoms in total. The molecule has 2 aromatic rings. The third kappa shape index (κ3) is 4.90. The molecule has 1 aromatic heterocycles. The molecule has 3 rings (SSSR count). The molecule has 9 heteroatoms. The Bertz CT molecular complexity index is 830. The summed E-state index contributed by atoms with van der Waals surface area (Å²) in [4.78, 5) is 12.3. The molecule has 140 valence electrons. The number of carbonyl (C=O) groups is 1. The van der Waals surface area contributed by atoms with Crippen LogP contribution >= 0.6 is 0 Å². The molecule has 0 spiro atoms. The number of carbonyl (C=O) groups excluding carboxylic acids is 1. The Hall–Kier alpha value is -2.23. The van der Waals surface area contributed by atoms with Gasteiger partial charge < -0.3 is 10.1 Å². The molecule has 1 aliphatic rings. The number of nitrogens with one attached hydrogen (secondary N) is 2. The molecule has 2 heterocycles. The van der Waals surface area contributed by atoms with E-state index in [1.54, 1.807) is 35.3 Å². The Morgan fingerprint density at radius 3 is 2.96 bits per heavy atom. The SMILES string of the molecule is O=C(NCC1CCOC1)c1cccc(S(=O)(=O)NCCn2cccn2)c1. The molecule has 0 aliphatic carbocycles. The van der Waals surface area contributed by atoms with Crippen molar-refractivity contribution < 1.29 is 17.9 Å². The number of rotatable bonds is 8. The van der Waals surface area contributed by atoms with Gasteiger partial charge in [-0.1, -0.05) is 6.07 Å². The van der Waals surface area contributed by atoms with Crippen LogP contribution in [0.5, 0.6) is 0 Å². The van der Waals surface area contributed by atoms with Crippen molar-refractivity contribution in [2.45, 2.75) is 17.9 Å². The molecule has 0 bridgehead atoms. The smallest absolute Gasteiger partial charge is 0.251 e. The molecule has 1 fully saturated rings. The van der Waals surface area contributed by atoms with E-state index in [4.69, 9.17) is 4.74 Å². The fourth-order valence-corrected chi connectivity index (χ4v) is 3.77. The summed E-state index contributed by atoms with van der Waals surface area (Å²) in [6, 6.07) is 7.79. The molecular weight excluding hydrogens is 356 g/mol. The Labute approximate surface area is 152 Å². The van der Waals surface area contributed by atoms with Gasteiger partial charge in [-0.2, -0.15) is 5.10 Å². The van der Waals surface area contributed by atoms with Crippen LogP contribution in [0.2, 0.25) is 0 Å². The number of aromatic nitrogens is 2. The maximum atomic E-state index is 12.4. The highest BCUT2D eigenvalue weighted by Gasteiger charge is 2.18. The van der Waals surface area contributed by atoms with Crippen molar-refractivity contribution in [1.29, 1.82) is 0 Å². The fourth-order valence-electron chi connectivity index (χ4n) is 2.70. The minimum absolute atomic E-state index is 0.0646. The molecule has 1 saturated heterocycles. The first-order chi connectivity index (χ1) is 12.5. The van der Waals surface area contributed by atoms with Gasteiger partial charge in [0.05, 0.1) is 18.0 Å². The first kappa shape index (κ1) is 18.6. The lowest BCUT2D eigenvalue weighted by Crippen LogP contribution is -2.30. The number of sulfonamides is 1. The Balaban J connectivity index is 1.58. The molecule has 1 unspecified atom stereocenters. The van der Waals surface area contributed by atoms with Crippen LogP contribution in [0.15, 0.2) is 47.6 Å². The topological polar surface area (TPSA) is 102 Å². The summed E-state index contributed by atoms with van der Waals surface area (Å²) in [5.41, 5.74) is 0.318. The number of nitrogens with zero attached hydrogens (tertiary/aromatic N) is 2. The highest BCUT2D eigenvalue weighted by Crippen LogP contribution is 2.13. The second-order valence-electron chi connectivity index (χ2n) is 6.13. The van der Waals surface area contributed by atoms with Crippen LogP contribution < -0.4 is 10.0 Å². The van der Waals surface area contributed by atoms with Crippen LogP contribution in [-0.4, -0.2) is 50.4 Å². The highest BCUT2D eigenvalue weighted by atomic mass is 32.2. The lowest BCUT2D eigenvalue weighted by Gasteiger charge is -2.11. The van der Waals surface area contributed by atoms with Gasteiger partial charge in [-0.25, -0.2) is 13.1 Å².